The summed E-state index contributed by atoms with van der Waals surface area (Å²) in [4.78, 5) is 4.19. The second-order valence-corrected chi connectivity index (χ2v) is 3.58. The van der Waals surface area contributed by atoms with Crippen LogP contribution >= 0.6 is 11.3 Å². The van der Waals surface area contributed by atoms with Crippen molar-refractivity contribution >= 4 is 16.5 Å². The fourth-order valence-corrected chi connectivity index (χ4v) is 1.83. The fraction of sp³-hybridized carbons (Fsp3) is 0.571. The first kappa shape index (κ1) is 7.97. The summed E-state index contributed by atoms with van der Waals surface area (Å²) in [7, 11) is 0. The first-order valence-corrected chi connectivity index (χ1v) is 4.76. The molecule has 1 saturated heterocycles. The summed E-state index contributed by atoms with van der Waals surface area (Å²) < 4.78 is 5.31. The van der Waals surface area contributed by atoms with Crippen molar-refractivity contribution in [2.45, 2.75) is 6.04 Å². The Hall–Kier alpha value is -0.650. The Morgan fingerprint density at radius 1 is 1.75 bits per heavy atom. The molecule has 66 valence electrons. The molecule has 0 aromatic carbocycles. The van der Waals surface area contributed by atoms with Crippen LogP contribution in [0.5, 0.6) is 0 Å². The number of rotatable bonds is 1. The molecule has 2 rings (SSSR count). The minimum absolute atomic E-state index is 0.229. The molecule has 2 heterocycles. The van der Waals surface area contributed by atoms with Crippen molar-refractivity contribution in [2.75, 3.05) is 25.5 Å². The molecule has 0 amide bonds. The van der Waals surface area contributed by atoms with Gasteiger partial charge in [0, 0.05) is 11.9 Å². The second kappa shape index (κ2) is 3.38. The summed E-state index contributed by atoms with van der Waals surface area (Å²) in [6, 6.07) is 0.229. The topological polar surface area (TPSA) is 60.2 Å². The predicted molar refractivity (Wildman–Crippen MR) is 48.1 cm³/mol. The number of morpholine rings is 1. The monoisotopic (exact) mass is 185 g/mol. The van der Waals surface area contributed by atoms with Crippen molar-refractivity contribution in [1.29, 1.82) is 0 Å². The molecule has 1 atom stereocenters. The van der Waals surface area contributed by atoms with Crippen molar-refractivity contribution in [3.05, 3.63) is 11.1 Å². The third-order valence-electron chi connectivity index (χ3n) is 1.82. The minimum atomic E-state index is 0.229. The number of nitrogens with zero attached hydrogens (tertiary/aromatic N) is 1. The summed E-state index contributed by atoms with van der Waals surface area (Å²) in [5.74, 6) is 0. The van der Waals surface area contributed by atoms with E-state index < -0.39 is 0 Å². The van der Waals surface area contributed by atoms with Crippen molar-refractivity contribution < 1.29 is 4.74 Å². The Labute approximate surface area is 74.7 Å². The SMILES string of the molecule is Nc1nc(C2COCCN2)cs1. The highest BCUT2D eigenvalue weighted by molar-refractivity contribution is 7.13. The highest BCUT2D eigenvalue weighted by Gasteiger charge is 2.17. The summed E-state index contributed by atoms with van der Waals surface area (Å²) in [5, 5.41) is 5.91. The van der Waals surface area contributed by atoms with E-state index >= 15 is 0 Å². The second-order valence-electron chi connectivity index (χ2n) is 2.69. The van der Waals surface area contributed by atoms with Gasteiger partial charge in [0.05, 0.1) is 24.9 Å². The first-order chi connectivity index (χ1) is 5.86. The molecular weight excluding hydrogens is 174 g/mol. The average molecular weight is 185 g/mol. The molecule has 1 fully saturated rings. The molecule has 1 aromatic rings. The predicted octanol–water partition coefficient (Wildman–Crippen LogP) is 0.386. The van der Waals surface area contributed by atoms with Crippen LogP contribution in [0, 0.1) is 0 Å². The molecule has 3 N–H and O–H groups in total. The maximum Gasteiger partial charge on any atom is 0.180 e. The van der Waals surface area contributed by atoms with Gasteiger partial charge in [-0.3, -0.25) is 0 Å². The Bertz CT molecular complexity index is 257. The smallest absolute Gasteiger partial charge is 0.180 e. The van der Waals surface area contributed by atoms with E-state index in [2.05, 4.69) is 10.3 Å². The molecule has 0 saturated carbocycles. The van der Waals surface area contributed by atoms with Gasteiger partial charge in [-0.1, -0.05) is 0 Å². The van der Waals surface area contributed by atoms with Crippen molar-refractivity contribution in [3.8, 4) is 0 Å². The number of nitrogen functional groups attached to an aromatic ring is 1. The number of hydrogen-bond acceptors (Lipinski definition) is 5. The molecule has 5 heteroatoms. The van der Waals surface area contributed by atoms with Gasteiger partial charge in [-0.15, -0.1) is 11.3 Å². The number of nitrogens with two attached hydrogens (primary N) is 1. The highest BCUT2D eigenvalue weighted by atomic mass is 32.1. The molecule has 1 aromatic heterocycles. The summed E-state index contributed by atoms with van der Waals surface area (Å²) in [6.07, 6.45) is 0. The maximum atomic E-state index is 5.52. The third kappa shape index (κ3) is 1.57. The van der Waals surface area contributed by atoms with Crippen molar-refractivity contribution in [1.82, 2.24) is 10.3 Å². The van der Waals surface area contributed by atoms with Gasteiger partial charge in [-0.05, 0) is 0 Å². The lowest BCUT2D eigenvalue weighted by atomic mass is 10.2. The Morgan fingerprint density at radius 3 is 3.25 bits per heavy atom. The van der Waals surface area contributed by atoms with Crippen LogP contribution in [-0.4, -0.2) is 24.7 Å². The minimum Gasteiger partial charge on any atom is -0.378 e. The average Bonchev–Trinajstić information content (AvgIpc) is 2.54. The Kier molecular flexibility index (Phi) is 2.25. The maximum absolute atomic E-state index is 5.52. The molecule has 0 bridgehead atoms. The molecule has 4 nitrogen and oxygen atoms in total. The van der Waals surface area contributed by atoms with Crippen LogP contribution in [0.15, 0.2) is 5.38 Å². The van der Waals surface area contributed by atoms with E-state index in [-0.39, 0.29) is 6.04 Å². The summed E-state index contributed by atoms with van der Waals surface area (Å²) >= 11 is 1.47. The fourth-order valence-electron chi connectivity index (χ4n) is 1.22. The zero-order valence-corrected chi connectivity index (χ0v) is 7.43. The molecule has 1 unspecified atom stereocenters. The number of anilines is 1. The number of thiazole rings is 1. The molecule has 12 heavy (non-hydrogen) atoms. The van der Waals surface area contributed by atoms with Gasteiger partial charge in [0.1, 0.15) is 0 Å². The van der Waals surface area contributed by atoms with E-state index in [4.69, 9.17) is 10.5 Å². The number of hydrogen-bond donors (Lipinski definition) is 2. The molecule has 1 aliphatic rings. The van der Waals surface area contributed by atoms with Crippen molar-refractivity contribution in [2.24, 2.45) is 0 Å². The van der Waals surface area contributed by atoms with Crippen LogP contribution < -0.4 is 11.1 Å². The lowest BCUT2D eigenvalue weighted by Crippen LogP contribution is -2.34. The van der Waals surface area contributed by atoms with E-state index in [1.807, 2.05) is 5.38 Å². The normalized spacial score (nSPS) is 24.2. The van der Waals surface area contributed by atoms with E-state index in [1.54, 1.807) is 0 Å². The van der Waals surface area contributed by atoms with Gasteiger partial charge >= 0.3 is 0 Å². The van der Waals surface area contributed by atoms with E-state index in [0.29, 0.717) is 11.7 Å². The number of nitrogens with one attached hydrogen (secondary N) is 1. The van der Waals surface area contributed by atoms with Crippen LogP contribution in [-0.2, 0) is 4.74 Å². The van der Waals surface area contributed by atoms with E-state index in [9.17, 15) is 0 Å². The Balaban J connectivity index is 2.08. The number of aromatic nitrogens is 1. The van der Waals surface area contributed by atoms with Gasteiger partial charge < -0.3 is 15.8 Å². The van der Waals surface area contributed by atoms with Gasteiger partial charge in [-0.25, -0.2) is 4.98 Å². The van der Waals surface area contributed by atoms with Crippen LogP contribution in [0.1, 0.15) is 11.7 Å². The molecule has 0 aliphatic carbocycles. The molecular formula is C7H11N3OS. The zero-order chi connectivity index (χ0) is 8.39. The summed E-state index contributed by atoms with van der Waals surface area (Å²) in [6.45, 7) is 2.38. The van der Waals surface area contributed by atoms with E-state index in [1.165, 1.54) is 11.3 Å². The van der Waals surface area contributed by atoms with Gasteiger partial charge in [0.25, 0.3) is 0 Å². The lowest BCUT2D eigenvalue weighted by molar-refractivity contribution is 0.0758. The van der Waals surface area contributed by atoms with Crippen LogP contribution in [0.25, 0.3) is 0 Å². The van der Waals surface area contributed by atoms with Crippen molar-refractivity contribution in [3.63, 3.8) is 0 Å². The third-order valence-corrected chi connectivity index (χ3v) is 2.51. The number of ether oxygens (including phenoxy) is 1. The largest absolute Gasteiger partial charge is 0.378 e. The van der Waals surface area contributed by atoms with Gasteiger partial charge in [0.15, 0.2) is 5.13 Å². The van der Waals surface area contributed by atoms with E-state index in [0.717, 1.165) is 18.8 Å². The first-order valence-electron chi connectivity index (χ1n) is 3.88. The van der Waals surface area contributed by atoms with Crippen LogP contribution in [0.4, 0.5) is 5.13 Å². The molecule has 0 spiro atoms. The van der Waals surface area contributed by atoms with Gasteiger partial charge in [-0.2, -0.15) is 0 Å². The van der Waals surface area contributed by atoms with Crippen LogP contribution in [0.2, 0.25) is 0 Å². The zero-order valence-electron chi connectivity index (χ0n) is 6.62. The quantitative estimate of drug-likeness (QED) is 0.664. The van der Waals surface area contributed by atoms with Gasteiger partial charge in [0.2, 0.25) is 0 Å². The Morgan fingerprint density at radius 2 is 2.67 bits per heavy atom. The highest BCUT2D eigenvalue weighted by Crippen LogP contribution is 2.19. The standard InChI is InChI=1S/C7H11N3OS/c8-7-10-6(4-12-7)5-3-11-2-1-9-5/h4-5,9H,1-3H2,(H2,8,10). The lowest BCUT2D eigenvalue weighted by Gasteiger charge is -2.21. The van der Waals surface area contributed by atoms with Crippen LogP contribution in [0.3, 0.4) is 0 Å². The molecule has 1 aliphatic heterocycles. The molecule has 0 radical (unpaired) electrons. The summed E-state index contributed by atoms with van der Waals surface area (Å²) in [5.41, 5.74) is 6.52.